The predicted molar refractivity (Wildman–Crippen MR) is 178 cm³/mol. The maximum Gasteiger partial charge on any atom is 0.321 e. The molecule has 5 aromatic carbocycles. The molecular formula is C37H39N3O5. The van der Waals surface area contributed by atoms with Crippen LogP contribution < -0.4 is 20.1 Å². The van der Waals surface area contributed by atoms with Crippen LogP contribution in [0.4, 0.5) is 4.79 Å². The number of aliphatic hydroxyl groups excluding tert-OH is 1. The maximum absolute atomic E-state index is 12.2. The SMILES string of the molecule is COc1ccc2cc(CN3CCC(NC(=O)NC(=O)c4ccccc4)CC3)ccc2c1.COc1ccc2cc(CO)ccc2c1. The number of aliphatic hydroxyl groups is 1. The molecule has 0 aromatic heterocycles. The zero-order chi connectivity index (χ0) is 31.6. The molecule has 5 aromatic rings. The number of imide groups is 1. The van der Waals surface area contributed by atoms with E-state index in [0.29, 0.717) is 5.56 Å². The Kier molecular flexibility index (Phi) is 10.6. The van der Waals surface area contributed by atoms with Gasteiger partial charge in [0.2, 0.25) is 0 Å². The first-order valence-electron chi connectivity index (χ1n) is 15.1. The van der Waals surface area contributed by atoms with Gasteiger partial charge in [0.15, 0.2) is 0 Å². The highest BCUT2D eigenvalue weighted by atomic mass is 16.5. The molecule has 0 unspecified atom stereocenters. The lowest BCUT2D eigenvalue weighted by Crippen LogP contribution is -2.49. The van der Waals surface area contributed by atoms with Gasteiger partial charge in [-0.25, -0.2) is 4.79 Å². The van der Waals surface area contributed by atoms with Gasteiger partial charge in [0.05, 0.1) is 20.8 Å². The van der Waals surface area contributed by atoms with Gasteiger partial charge in [-0.05, 0) is 94.0 Å². The summed E-state index contributed by atoms with van der Waals surface area (Å²) in [7, 11) is 3.34. The van der Waals surface area contributed by atoms with Crippen LogP contribution in [0.5, 0.6) is 11.5 Å². The number of nitrogens with one attached hydrogen (secondary N) is 2. The highest BCUT2D eigenvalue weighted by Crippen LogP contribution is 2.24. The number of carbonyl (C=O) groups is 2. The van der Waals surface area contributed by atoms with E-state index in [2.05, 4.69) is 39.8 Å². The van der Waals surface area contributed by atoms with E-state index < -0.39 is 6.03 Å². The van der Waals surface area contributed by atoms with Crippen molar-refractivity contribution in [3.05, 3.63) is 120 Å². The lowest BCUT2D eigenvalue weighted by molar-refractivity contribution is 0.0961. The van der Waals surface area contributed by atoms with Crippen molar-refractivity contribution in [2.75, 3.05) is 27.3 Å². The first-order chi connectivity index (χ1) is 21.9. The number of carbonyl (C=O) groups excluding carboxylic acids is 2. The highest BCUT2D eigenvalue weighted by molar-refractivity contribution is 6.04. The molecule has 0 atom stereocenters. The van der Waals surface area contributed by atoms with Gasteiger partial charge in [-0.2, -0.15) is 0 Å². The number of likely N-dealkylation sites (tertiary alicyclic amines) is 1. The fraction of sp³-hybridized carbons (Fsp3) is 0.243. The molecule has 0 spiro atoms. The largest absolute Gasteiger partial charge is 0.497 e. The third kappa shape index (κ3) is 8.59. The zero-order valence-corrected chi connectivity index (χ0v) is 25.7. The molecule has 232 valence electrons. The Labute approximate surface area is 263 Å². The summed E-state index contributed by atoms with van der Waals surface area (Å²) >= 11 is 0. The van der Waals surface area contributed by atoms with Crippen LogP contribution in [0.15, 0.2) is 103 Å². The highest BCUT2D eigenvalue weighted by Gasteiger charge is 2.21. The molecule has 1 heterocycles. The Balaban J connectivity index is 0.000000238. The van der Waals surface area contributed by atoms with Crippen LogP contribution in [-0.4, -0.2) is 55.3 Å². The number of nitrogens with zero attached hydrogens (tertiary/aromatic N) is 1. The summed E-state index contributed by atoms with van der Waals surface area (Å²) in [5.74, 6) is 1.34. The molecule has 45 heavy (non-hydrogen) atoms. The summed E-state index contributed by atoms with van der Waals surface area (Å²) in [5, 5.41) is 18.9. The third-order valence-electron chi connectivity index (χ3n) is 8.00. The number of hydrogen-bond donors (Lipinski definition) is 3. The molecule has 8 heteroatoms. The number of hydrogen-bond acceptors (Lipinski definition) is 6. The van der Waals surface area contributed by atoms with Crippen LogP contribution in [0.3, 0.4) is 0 Å². The topological polar surface area (TPSA) is 100 Å². The van der Waals surface area contributed by atoms with Gasteiger partial charge < -0.3 is 19.9 Å². The van der Waals surface area contributed by atoms with E-state index in [1.54, 1.807) is 38.5 Å². The van der Waals surface area contributed by atoms with Crippen LogP contribution in [-0.2, 0) is 13.2 Å². The summed E-state index contributed by atoms with van der Waals surface area (Å²) < 4.78 is 10.4. The third-order valence-corrected chi connectivity index (χ3v) is 8.00. The average molecular weight is 606 g/mol. The van der Waals surface area contributed by atoms with E-state index >= 15 is 0 Å². The van der Waals surface area contributed by atoms with Crippen LogP contribution in [0.2, 0.25) is 0 Å². The van der Waals surface area contributed by atoms with Gasteiger partial charge in [-0.15, -0.1) is 0 Å². The number of methoxy groups -OCH3 is 2. The quantitative estimate of drug-likeness (QED) is 0.202. The second-order valence-electron chi connectivity index (χ2n) is 11.1. The van der Waals surface area contributed by atoms with Crippen molar-refractivity contribution in [3.63, 3.8) is 0 Å². The summed E-state index contributed by atoms with van der Waals surface area (Å²) in [6, 6.07) is 32.8. The van der Waals surface area contributed by atoms with E-state index in [9.17, 15) is 9.59 Å². The molecular weight excluding hydrogens is 566 g/mol. The molecule has 3 N–H and O–H groups in total. The average Bonchev–Trinajstić information content (AvgIpc) is 3.09. The first-order valence-corrected chi connectivity index (χ1v) is 15.1. The molecule has 1 saturated heterocycles. The van der Waals surface area contributed by atoms with Crippen molar-refractivity contribution in [2.45, 2.75) is 32.0 Å². The summed E-state index contributed by atoms with van der Waals surface area (Å²) in [6.07, 6.45) is 1.72. The number of fused-ring (bicyclic) bond motifs is 2. The van der Waals surface area contributed by atoms with Crippen molar-refractivity contribution < 1.29 is 24.2 Å². The Morgan fingerprint density at radius 1 is 0.733 bits per heavy atom. The second-order valence-corrected chi connectivity index (χ2v) is 11.1. The van der Waals surface area contributed by atoms with Gasteiger partial charge in [0.25, 0.3) is 5.91 Å². The molecule has 0 bridgehead atoms. The van der Waals surface area contributed by atoms with Gasteiger partial charge in [0, 0.05) is 31.2 Å². The molecule has 3 amide bonds. The van der Waals surface area contributed by atoms with Crippen LogP contribution in [0.1, 0.15) is 34.3 Å². The molecule has 0 saturated carbocycles. The van der Waals surface area contributed by atoms with E-state index in [1.165, 1.54) is 16.3 Å². The first kappa shape index (κ1) is 31.5. The fourth-order valence-corrected chi connectivity index (χ4v) is 5.48. The molecule has 1 aliphatic heterocycles. The lowest BCUT2D eigenvalue weighted by atomic mass is 10.0. The molecule has 1 fully saturated rings. The number of amides is 3. The van der Waals surface area contributed by atoms with Gasteiger partial charge >= 0.3 is 6.03 Å². The monoisotopic (exact) mass is 605 g/mol. The molecule has 1 aliphatic rings. The zero-order valence-electron chi connectivity index (χ0n) is 25.7. The summed E-state index contributed by atoms with van der Waals surface area (Å²) in [6.45, 7) is 2.77. The van der Waals surface area contributed by atoms with E-state index in [-0.39, 0.29) is 18.6 Å². The summed E-state index contributed by atoms with van der Waals surface area (Å²) in [5.41, 5.74) is 2.68. The minimum Gasteiger partial charge on any atom is -0.497 e. The smallest absolute Gasteiger partial charge is 0.321 e. The lowest BCUT2D eigenvalue weighted by Gasteiger charge is -2.32. The Morgan fingerprint density at radius 2 is 1.27 bits per heavy atom. The number of benzene rings is 5. The van der Waals surface area contributed by atoms with Crippen molar-refractivity contribution in [2.24, 2.45) is 0 Å². The van der Waals surface area contributed by atoms with E-state index in [1.807, 2.05) is 54.6 Å². The number of ether oxygens (including phenoxy) is 2. The standard InChI is InChI=1S/C25H27N3O3.C12H12O2/c1-31-23-10-9-20-15-18(7-8-21(20)16-23)17-28-13-11-22(12-14-28)26-25(30)27-24(29)19-5-3-2-4-6-19;1-14-12-5-4-10-6-9(8-13)2-3-11(10)7-12/h2-10,15-16,22H,11-14,17H2,1H3,(H2,26,27,29,30);2-7,13H,8H2,1H3. The molecule has 8 nitrogen and oxygen atoms in total. The van der Waals surface area contributed by atoms with E-state index in [4.69, 9.17) is 14.6 Å². The van der Waals surface area contributed by atoms with Crippen LogP contribution in [0, 0.1) is 0 Å². The Bertz CT molecular complexity index is 1710. The van der Waals surface area contributed by atoms with Gasteiger partial charge in [-0.3, -0.25) is 15.0 Å². The van der Waals surface area contributed by atoms with Gasteiger partial charge in [-0.1, -0.05) is 54.6 Å². The van der Waals surface area contributed by atoms with Crippen molar-refractivity contribution in [3.8, 4) is 11.5 Å². The Morgan fingerprint density at radius 3 is 1.84 bits per heavy atom. The van der Waals surface area contributed by atoms with Crippen molar-refractivity contribution >= 4 is 33.5 Å². The molecule has 6 rings (SSSR count). The minimum absolute atomic E-state index is 0.0730. The Hall–Kier alpha value is -4.92. The number of rotatable bonds is 7. The predicted octanol–water partition coefficient (Wildman–Crippen LogP) is 6.29. The maximum atomic E-state index is 12.2. The van der Waals surface area contributed by atoms with E-state index in [0.717, 1.165) is 60.3 Å². The fourth-order valence-electron chi connectivity index (χ4n) is 5.48. The van der Waals surface area contributed by atoms with Crippen molar-refractivity contribution in [1.82, 2.24) is 15.5 Å². The number of piperidine rings is 1. The normalized spacial score (nSPS) is 13.5. The van der Waals surface area contributed by atoms with Crippen molar-refractivity contribution in [1.29, 1.82) is 0 Å². The van der Waals surface area contributed by atoms with Crippen LogP contribution >= 0.6 is 0 Å². The van der Waals surface area contributed by atoms with Gasteiger partial charge in [0.1, 0.15) is 11.5 Å². The number of urea groups is 1. The summed E-state index contributed by atoms with van der Waals surface area (Å²) in [4.78, 5) is 26.7. The minimum atomic E-state index is -0.433. The molecule has 0 aliphatic carbocycles. The van der Waals surface area contributed by atoms with Crippen LogP contribution in [0.25, 0.3) is 21.5 Å². The molecule has 0 radical (unpaired) electrons. The second kappa shape index (κ2) is 15.2.